The van der Waals surface area contributed by atoms with Crippen LogP contribution in [0.15, 0.2) is 36.5 Å². The number of aryl methyl sites for hydroxylation is 1. The van der Waals surface area contributed by atoms with E-state index in [9.17, 15) is 0 Å². The monoisotopic (exact) mass is 309 g/mol. The van der Waals surface area contributed by atoms with Crippen LogP contribution in [0.25, 0.3) is 0 Å². The molecule has 0 aromatic carbocycles. The number of hydrogen-bond acceptors (Lipinski definition) is 1. The Morgan fingerprint density at radius 1 is 1.00 bits per heavy atom. The van der Waals surface area contributed by atoms with Gasteiger partial charge in [-0.1, -0.05) is 36.5 Å². The Morgan fingerprint density at radius 3 is 2.91 bits per heavy atom. The minimum Gasteiger partial charge on any atom is -0.362 e. The Morgan fingerprint density at radius 2 is 1.91 bits per heavy atom. The normalized spacial score (nSPS) is 35.3. The van der Waals surface area contributed by atoms with Crippen LogP contribution in [0.2, 0.25) is 0 Å². The summed E-state index contributed by atoms with van der Waals surface area (Å²) in [5.41, 5.74) is 6.54. The lowest BCUT2D eigenvalue weighted by Crippen LogP contribution is -2.18. The minimum absolute atomic E-state index is 0.585. The first kappa shape index (κ1) is 13.3. The number of hydrogen-bond donors (Lipinski definition) is 1. The standard InChI is InChI=1S/C20H23NS/c1-4-10-16-13(7-1)19-14-8-2-5-11-17(14)22-18-12-6-3-9-15(18)20(19)21-16/h2,5-6,8,11-12,14-15,17-18,21H,1,3-4,7,9-10H2. The van der Waals surface area contributed by atoms with E-state index in [4.69, 9.17) is 0 Å². The quantitative estimate of drug-likeness (QED) is 0.665. The lowest BCUT2D eigenvalue weighted by atomic mass is 9.81. The molecule has 1 aliphatic heterocycles. The van der Waals surface area contributed by atoms with Gasteiger partial charge >= 0.3 is 0 Å². The van der Waals surface area contributed by atoms with Gasteiger partial charge in [-0.05, 0) is 49.7 Å². The molecule has 0 saturated heterocycles. The number of nitrogens with one attached hydrogen (secondary N) is 1. The summed E-state index contributed by atoms with van der Waals surface area (Å²) >= 11 is 2.19. The van der Waals surface area contributed by atoms with Crippen LogP contribution >= 0.6 is 11.8 Å². The van der Waals surface area contributed by atoms with Crippen LogP contribution in [0, 0.1) is 0 Å². The zero-order valence-corrected chi connectivity index (χ0v) is 13.7. The summed E-state index contributed by atoms with van der Waals surface area (Å²) in [6.45, 7) is 0. The molecular formula is C20H23NS. The van der Waals surface area contributed by atoms with Gasteiger partial charge in [-0.2, -0.15) is 0 Å². The number of allylic oxidation sites excluding steroid dienone is 4. The second-order valence-electron chi connectivity index (χ2n) is 7.09. The molecule has 5 rings (SSSR count). The van der Waals surface area contributed by atoms with Crippen molar-refractivity contribution in [3.63, 3.8) is 0 Å². The van der Waals surface area contributed by atoms with Gasteiger partial charge in [0.1, 0.15) is 0 Å². The number of aromatic nitrogens is 1. The van der Waals surface area contributed by atoms with Crippen LogP contribution in [0.1, 0.15) is 60.0 Å². The molecule has 2 heterocycles. The summed E-state index contributed by atoms with van der Waals surface area (Å²) in [6, 6.07) is 0. The van der Waals surface area contributed by atoms with Crippen molar-refractivity contribution in [3.05, 3.63) is 59.0 Å². The number of aromatic amines is 1. The molecule has 0 bridgehead atoms. The maximum atomic E-state index is 3.92. The number of fused-ring (bicyclic) bond motifs is 7. The van der Waals surface area contributed by atoms with Crippen molar-refractivity contribution in [1.82, 2.24) is 4.98 Å². The van der Waals surface area contributed by atoms with Gasteiger partial charge in [-0.3, -0.25) is 0 Å². The molecule has 4 atom stereocenters. The molecule has 1 aromatic rings. The highest BCUT2D eigenvalue weighted by Gasteiger charge is 2.39. The molecular weight excluding hydrogens is 286 g/mol. The van der Waals surface area contributed by atoms with Gasteiger partial charge < -0.3 is 4.98 Å². The van der Waals surface area contributed by atoms with Crippen molar-refractivity contribution in [1.29, 1.82) is 0 Å². The van der Waals surface area contributed by atoms with Gasteiger partial charge in [0.2, 0.25) is 0 Å². The highest BCUT2D eigenvalue weighted by Crippen LogP contribution is 2.51. The van der Waals surface area contributed by atoms with Gasteiger partial charge in [0.15, 0.2) is 0 Å². The molecule has 0 spiro atoms. The van der Waals surface area contributed by atoms with Crippen LogP contribution in [0.4, 0.5) is 0 Å². The topological polar surface area (TPSA) is 15.8 Å². The van der Waals surface area contributed by atoms with Crippen molar-refractivity contribution < 1.29 is 0 Å². The van der Waals surface area contributed by atoms with Crippen LogP contribution in [0.3, 0.4) is 0 Å². The zero-order valence-electron chi connectivity index (χ0n) is 12.9. The first-order valence-electron chi connectivity index (χ1n) is 8.82. The first-order valence-corrected chi connectivity index (χ1v) is 9.77. The van der Waals surface area contributed by atoms with Crippen LogP contribution in [0.5, 0.6) is 0 Å². The Hall–Kier alpha value is -1.15. The molecule has 0 amide bonds. The van der Waals surface area contributed by atoms with E-state index >= 15 is 0 Å². The smallest absolute Gasteiger partial charge is 0.0340 e. The third-order valence-electron chi connectivity index (χ3n) is 5.84. The zero-order chi connectivity index (χ0) is 14.5. The Kier molecular flexibility index (Phi) is 3.14. The first-order chi connectivity index (χ1) is 10.9. The third-order valence-corrected chi connectivity index (χ3v) is 7.40. The molecule has 1 N–H and O–H groups in total. The highest BCUT2D eigenvalue weighted by atomic mass is 32.2. The molecule has 0 saturated carbocycles. The summed E-state index contributed by atoms with van der Waals surface area (Å²) in [4.78, 5) is 3.92. The van der Waals surface area contributed by atoms with Crippen LogP contribution in [-0.4, -0.2) is 15.5 Å². The van der Waals surface area contributed by atoms with Crippen molar-refractivity contribution >= 4 is 11.8 Å². The SMILES string of the molecule is C1=CC2SC3C=CCCC3c3[nH]c4c(c3C2C=C1)CCCC4. The van der Waals surface area contributed by atoms with Crippen molar-refractivity contribution in [2.45, 2.75) is 60.9 Å². The molecule has 4 unspecified atom stereocenters. The molecule has 2 heteroatoms. The maximum absolute atomic E-state index is 3.92. The second-order valence-corrected chi connectivity index (χ2v) is 8.45. The second kappa shape index (κ2) is 5.19. The molecule has 3 aliphatic carbocycles. The largest absolute Gasteiger partial charge is 0.362 e. The van der Waals surface area contributed by atoms with E-state index in [1.54, 1.807) is 22.5 Å². The molecule has 1 aromatic heterocycles. The van der Waals surface area contributed by atoms with Gasteiger partial charge in [-0.15, -0.1) is 11.8 Å². The summed E-state index contributed by atoms with van der Waals surface area (Å²) in [5.74, 6) is 1.28. The number of H-pyrrole nitrogens is 1. The van der Waals surface area contributed by atoms with Crippen molar-refractivity contribution in [2.75, 3.05) is 0 Å². The molecule has 1 nitrogen and oxygen atoms in total. The lowest BCUT2D eigenvalue weighted by Gasteiger charge is -2.27. The highest BCUT2D eigenvalue weighted by molar-refractivity contribution is 8.00. The van der Waals surface area contributed by atoms with Gasteiger partial charge in [-0.25, -0.2) is 0 Å². The molecule has 0 radical (unpaired) electrons. The van der Waals surface area contributed by atoms with Gasteiger partial charge in [0.25, 0.3) is 0 Å². The maximum Gasteiger partial charge on any atom is 0.0340 e. The van der Waals surface area contributed by atoms with E-state index in [0.29, 0.717) is 22.3 Å². The van der Waals surface area contributed by atoms with Gasteiger partial charge in [0, 0.05) is 33.7 Å². The fraction of sp³-hybridized carbons (Fsp3) is 0.500. The number of thioether (sulfide) groups is 1. The Bertz CT molecular complexity index is 678. The molecule has 4 aliphatic rings. The molecule has 0 fully saturated rings. The minimum atomic E-state index is 0.585. The van der Waals surface area contributed by atoms with Crippen LogP contribution in [-0.2, 0) is 12.8 Å². The van der Waals surface area contributed by atoms with Crippen molar-refractivity contribution in [3.8, 4) is 0 Å². The average Bonchev–Trinajstić information content (AvgIpc) is 2.89. The summed E-state index contributed by atoms with van der Waals surface area (Å²) in [7, 11) is 0. The van der Waals surface area contributed by atoms with Crippen molar-refractivity contribution in [2.24, 2.45) is 0 Å². The molecule has 22 heavy (non-hydrogen) atoms. The predicted molar refractivity (Wildman–Crippen MR) is 94.7 cm³/mol. The summed E-state index contributed by atoms with van der Waals surface area (Å²) < 4.78 is 0. The van der Waals surface area contributed by atoms with E-state index in [1.165, 1.54) is 38.5 Å². The molecule has 114 valence electrons. The summed E-state index contributed by atoms with van der Waals surface area (Å²) in [5, 5.41) is 1.27. The van der Waals surface area contributed by atoms with E-state index in [0.717, 1.165) is 0 Å². The Labute approximate surface area is 137 Å². The summed E-state index contributed by atoms with van der Waals surface area (Å²) in [6.07, 6.45) is 22.1. The Balaban J connectivity index is 1.71. The van der Waals surface area contributed by atoms with E-state index in [1.807, 2.05) is 0 Å². The predicted octanol–water partition coefficient (Wildman–Crippen LogP) is 5.02. The fourth-order valence-corrected chi connectivity index (χ4v) is 6.42. The number of rotatable bonds is 0. The van der Waals surface area contributed by atoms with Crippen LogP contribution < -0.4 is 0 Å². The van der Waals surface area contributed by atoms with E-state index in [-0.39, 0.29) is 0 Å². The van der Waals surface area contributed by atoms with E-state index < -0.39 is 0 Å². The average molecular weight is 309 g/mol. The fourth-order valence-electron chi connectivity index (χ4n) is 4.82. The third kappa shape index (κ3) is 1.93. The lowest BCUT2D eigenvalue weighted by molar-refractivity contribution is 0.610. The van der Waals surface area contributed by atoms with Gasteiger partial charge in [0.05, 0.1) is 0 Å². The van der Waals surface area contributed by atoms with E-state index in [2.05, 4.69) is 53.2 Å².